The number of amides is 1. The first-order chi connectivity index (χ1) is 11.6. The standard InChI is InChI=1S/C19H28N2O3.ClH/c1-15(2)20-9-11-21(12-10-20)19(22)16-3-5-17(6-4-16)24-18-7-13-23-14-8-18;/h3-6,15,18H,7-14H2,1-2H3;1H. The second-order valence-corrected chi connectivity index (χ2v) is 6.88. The highest BCUT2D eigenvalue weighted by Gasteiger charge is 2.23. The van der Waals surface area contributed by atoms with Crippen LogP contribution in [0.5, 0.6) is 5.75 Å². The molecule has 0 spiro atoms. The van der Waals surface area contributed by atoms with Crippen molar-refractivity contribution >= 4 is 18.3 Å². The maximum Gasteiger partial charge on any atom is 0.253 e. The summed E-state index contributed by atoms with van der Waals surface area (Å²) in [5.74, 6) is 0.957. The molecule has 0 unspecified atom stereocenters. The van der Waals surface area contributed by atoms with Crippen LogP contribution in [0.2, 0.25) is 0 Å². The minimum atomic E-state index is 0. The zero-order valence-corrected chi connectivity index (χ0v) is 16.0. The molecular formula is C19H29ClN2O3. The summed E-state index contributed by atoms with van der Waals surface area (Å²) in [6, 6.07) is 8.13. The Bertz CT molecular complexity index is 536. The summed E-state index contributed by atoms with van der Waals surface area (Å²) in [6.45, 7) is 9.45. The van der Waals surface area contributed by atoms with Gasteiger partial charge in [-0.15, -0.1) is 12.4 Å². The number of ether oxygens (including phenoxy) is 2. The normalized spacial score (nSPS) is 19.6. The molecule has 5 nitrogen and oxygen atoms in total. The molecule has 0 atom stereocenters. The average molecular weight is 369 g/mol. The predicted molar refractivity (Wildman–Crippen MR) is 101 cm³/mol. The molecule has 0 saturated carbocycles. The van der Waals surface area contributed by atoms with Crippen molar-refractivity contribution in [2.75, 3.05) is 39.4 Å². The van der Waals surface area contributed by atoms with Crippen molar-refractivity contribution in [2.45, 2.75) is 38.8 Å². The number of carbonyl (C=O) groups is 1. The van der Waals surface area contributed by atoms with Crippen LogP contribution in [0.1, 0.15) is 37.0 Å². The van der Waals surface area contributed by atoms with Gasteiger partial charge < -0.3 is 14.4 Å². The number of hydrogen-bond acceptors (Lipinski definition) is 4. The first-order valence-electron chi connectivity index (χ1n) is 9.01. The van der Waals surface area contributed by atoms with Crippen molar-refractivity contribution in [1.82, 2.24) is 9.80 Å². The van der Waals surface area contributed by atoms with Gasteiger partial charge in [-0.25, -0.2) is 0 Å². The van der Waals surface area contributed by atoms with E-state index in [1.165, 1.54) is 0 Å². The third kappa shape index (κ3) is 5.33. The highest BCUT2D eigenvalue weighted by atomic mass is 35.5. The van der Waals surface area contributed by atoms with Gasteiger partial charge in [0.2, 0.25) is 0 Å². The van der Waals surface area contributed by atoms with Gasteiger partial charge in [-0.05, 0) is 38.1 Å². The molecule has 2 aliphatic heterocycles. The minimum Gasteiger partial charge on any atom is -0.490 e. The second-order valence-electron chi connectivity index (χ2n) is 6.88. The molecule has 1 amide bonds. The molecule has 0 N–H and O–H groups in total. The quantitative estimate of drug-likeness (QED) is 0.819. The van der Waals surface area contributed by atoms with E-state index in [9.17, 15) is 4.79 Å². The zero-order chi connectivity index (χ0) is 16.9. The van der Waals surface area contributed by atoms with E-state index in [-0.39, 0.29) is 24.4 Å². The molecule has 0 bridgehead atoms. The largest absolute Gasteiger partial charge is 0.490 e. The Morgan fingerprint density at radius 3 is 2.24 bits per heavy atom. The second kappa shape index (κ2) is 9.41. The number of hydrogen-bond donors (Lipinski definition) is 0. The van der Waals surface area contributed by atoms with E-state index in [2.05, 4.69) is 18.7 Å². The van der Waals surface area contributed by atoms with Crippen molar-refractivity contribution < 1.29 is 14.3 Å². The Hall–Kier alpha value is -1.30. The number of benzene rings is 1. The summed E-state index contributed by atoms with van der Waals surface area (Å²) in [6.07, 6.45) is 2.09. The molecule has 1 aromatic rings. The number of nitrogens with zero attached hydrogens (tertiary/aromatic N) is 2. The van der Waals surface area contributed by atoms with E-state index >= 15 is 0 Å². The number of piperazine rings is 1. The monoisotopic (exact) mass is 368 g/mol. The Morgan fingerprint density at radius 2 is 1.68 bits per heavy atom. The van der Waals surface area contributed by atoms with Crippen molar-refractivity contribution in [2.24, 2.45) is 0 Å². The summed E-state index contributed by atoms with van der Waals surface area (Å²) >= 11 is 0. The van der Waals surface area contributed by atoms with Crippen molar-refractivity contribution in [3.63, 3.8) is 0 Å². The highest BCUT2D eigenvalue weighted by Crippen LogP contribution is 2.19. The van der Waals surface area contributed by atoms with Gasteiger partial charge in [0.1, 0.15) is 11.9 Å². The smallest absolute Gasteiger partial charge is 0.253 e. The molecule has 140 valence electrons. The lowest BCUT2D eigenvalue weighted by Crippen LogP contribution is -2.50. The fourth-order valence-electron chi connectivity index (χ4n) is 3.29. The molecule has 1 aromatic carbocycles. The maximum atomic E-state index is 12.6. The summed E-state index contributed by atoms with van der Waals surface area (Å²) in [5.41, 5.74) is 0.743. The predicted octanol–water partition coefficient (Wildman–Crippen LogP) is 2.83. The molecule has 2 saturated heterocycles. The summed E-state index contributed by atoms with van der Waals surface area (Å²) in [5, 5.41) is 0. The SMILES string of the molecule is CC(C)N1CCN(C(=O)c2ccc(OC3CCOCC3)cc2)CC1.Cl. The molecule has 0 radical (unpaired) electrons. The van der Waals surface area contributed by atoms with Crippen LogP contribution in [-0.4, -0.2) is 67.2 Å². The lowest BCUT2D eigenvalue weighted by molar-refractivity contribution is 0.0255. The fourth-order valence-corrected chi connectivity index (χ4v) is 3.29. The maximum absolute atomic E-state index is 12.6. The van der Waals surface area contributed by atoms with Crippen LogP contribution in [0.25, 0.3) is 0 Å². The molecule has 25 heavy (non-hydrogen) atoms. The van der Waals surface area contributed by atoms with Gasteiger partial charge in [0.25, 0.3) is 5.91 Å². The molecule has 6 heteroatoms. The van der Waals surface area contributed by atoms with Crippen molar-refractivity contribution in [3.8, 4) is 5.75 Å². The number of halogens is 1. The average Bonchev–Trinajstić information content (AvgIpc) is 2.63. The van der Waals surface area contributed by atoms with Gasteiger partial charge in [-0.2, -0.15) is 0 Å². The van der Waals surface area contributed by atoms with Gasteiger partial charge in [-0.3, -0.25) is 9.69 Å². The summed E-state index contributed by atoms with van der Waals surface area (Å²) < 4.78 is 11.3. The topological polar surface area (TPSA) is 42.0 Å². The molecule has 0 aliphatic carbocycles. The van der Waals surface area contributed by atoms with Crippen LogP contribution in [0.15, 0.2) is 24.3 Å². The summed E-state index contributed by atoms with van der Waals surface area (Å²) in [4.78, 5) is 17.0. The van der Waals surface area contributed by atoms with Crippen LogP contribution in [0.3, 0.4) is 0 Å². The van der Waals surface area contributed by atoms with Crippen LogP contribution >= 0.6 is 12.4 Å². The van der Waals surface area contributed by atoms with E-state index in [1.807, 2.05) is 29.2 Å². The Kier molecular flexibility index (Phi) is 7.54. The van der Waals surface area contributed by atoms with Gasteiger partial charge in [0.05, 0.1) is 13.2 Å². The Labute approximate surface area is 156 Å². The molecular weight excluding hydrogens is 340 g/mol. The fraction of sp³-hybridized carbons (Fsp3) is 0.632. The van der Waals surface area contributed by atoms with Gasteiger partial charge in [0.15, 0.2) is 0 Å². The minimum absolute atomic E-state index is 0. The zero-order valence-electron chi connectivity index (χ0n) is 15.1. The molecule has 2 fully saturated rings. The van der Waals surface area contributed by atoms with Crippen LogP contribution in [0.4, 0.5) is 0 Å². The first-order valence-corrected chi connectivity index (χ1v) is 9.01. The summed E-state index contributed by atoms with van der Waals surface area (Å²) in [7, 11) is 0. The van der Waals surface area contributed by atoms with Gasteiger partial charge in [0, 0.05) is 50.6 Å². The van der Waals surface area contributed by atoms with Crippen molar-refractivity contribution in [1.29, 1.82) is 0 Å². The Balaban J connectivity index is 0.00000225. The molecule has 3 rings (SSSR count). The third-order valence-electron chi connectivity index (χ3n) is 4.90. The number of rotatable bonds is 4. The van der Waals surface area contributed by atoms with Crippen LogP contribution in [0, 0.1) is 0 Å². The van der Waals surface area contributed by atoms with Crippen LogP contribution in [-0.2, 0) is 4.74 Å². The van der Waals surface area contributed by atoms with E-state index < -0.39 is 0 Å². The highest BCUT2D eigenvalue weighted by molar-refractivity contribution is 5.94. The Morgan fingerprint density at radius 1 is 1.08 bits per heavy atom. The third-order valence-corrected chi connectivity index (χ3v) is 4.90. The lowest BCUT2D eigenvalue weighted by atomic mass is 10.1. The van der Waals surface area contributed by atoms with E-state index in [1.54, 1.807) is 0 Å². The van der Waals surface area contributed by atoms with Crippen molar-refractivity contribution in [3.05, 3.63) is 29.8 Å². The van der Waals surface area contributed by atoms with Gasteiger partial charge in [-0.1, -0.05) is 0 Å². The van der Waals surface area contributed by atoms with E-state index in [0.717, 1.165) is 63.5 Å². The molecule has 2 aliphatic rings. The van der Waals surface area contributed by atoms with Crippen LogP contribution < -0.4 is 4.74 Å². The lowest BCUT2D eigenvalue weighted by Gasteiger charge is -2.37. The molecule has 0 aromatic heterocycles. The van der Waals surface area contributed by atoms with E-state index in [0.29, 0.717) is 6.04 Å². The molecule has 2 heterocycles. The first kappa shape index (κ1) is 20.0. The number of carbonyl (C=O) groups excluding carboxylic acids is 1. The van der Waals surface area contributed by atoms with Gasteiger partial charge >= 0.3 is 0 Å². The van der Waals surface area contributed by atoms with E-state index in [4.69, 9.17) is 9.47 Å².